The van der Waals surface area contributed by atoms with Gasteiger partial charge in [0, 0.05) is 6.54 Å². The summed E-state index contributed by atoms with van der Waals surface area (Å²) < 4.78 is 13.7. The minimum Gasteiger partial charge on any atom is -0.268 e. The monoisotopic (exact) mass is 265 g/mol. The van der Waals surface area contributed by atoms with Crippen molar-refractivity contribution in [2.24, 2.45) is 0 Å². The average Bonchev–Trinajstić information content (AvgIpc) is 2.50. The van der Waals surface area contributed by atoms with Crippen molar-refractivity contribution in [3.63, 3.8) is 0 Å². The predicted molar refractivity (Wildman–Crippen MR) is 73.0 cm³/mol. The molecular weight excluding hydrogens is 246 g/mol. The first-order chi connectivity index (χ1) is 8.27. The summed E-state index contributed by atoms with van der Waals surface area (Å²) >= 11 is 0. The van der Waals surface area contributed by atoms with Crippen LogP contribution in [0.25, 0.3) is 0 Å². The molecule has 0 aromatic heterocycles. The molecule has 3 nitrogen and oxygen atoms in total. The van der Waals surface area contributed by atoms with E-state index in [1.807, 2.05) is 26.0 Å². The molecule has 1 amide bonds. The highest BCUT2D eigenvalue weighted by atomic mass is 32.2. The lowest BCUT2D eigenvalue weighted by atomic mass is 9.85. The van der Waals surface area contributed by atoms with Gasteiger partial charge in [0.1, 0.15) is 0 Å². The molecule has 4 heteroatoms. The first-order valence-corrected chi connectivity index (χ1v) is 7.27. The number of hydrogen-bond donors (Lipinski definition) is 0. The van der Waals surface area contributed by atoms with Gasteiger partial charge >= 0.3 is 0 Å². The number of hydrogen-bond acceptors (Lipinski definition) is 2. The molecule has 1 aliphatic rings. The van der Waals surface area contributed by atoms with Gasteiger partial charge in [0.25, 0.3) is 5.91 Å². The molecule has 0 N–H and O–H groups in total. The molecule has 1 aromatic rings. The minimum atomic E-state index is -1.34. The fraction of sp³-hybridized carbons (Fsp3) is 0.500. The van der Waals surface area contributed by atoms with Crippen molar-refractivity contribution in [1.82, 2.24) is 4.31 Å². The molecule has 98 valence electrons. The van der Waals surface area contributed by atoms with Crippen LogP contribution < -0.4 is 0 Å². The van der Waals surface area contributed by atoms with Crippen LogP contribution in [0.4, 0.5) is 0 Å². The number of carbonyl (C=O) groups excluding carboxylic acids is 1. The van der Waals surface area contributed by atoms with E-state index in [-0.39, 0.29) is 11.3 Å². The molecule has 0 radical (unpaired) electrons. The lowest BCUT2D eigenvalue weighted by molar-refractivity contribution is 0.0878. The van der Waals surface area contributed by atoms with Crippen molar-refractivity contribution in [3.8, 4) is 0 Å². The summed E-state index contributed by atoms with van der Waals surface area (Å²) in [6.45, 7) is 10.6. The molecule has 0 fully saturated rings. The largest absolute Gasteiger partial charge is 0.268 e. The third-order valence-corrected chi connectivity index (χ3v) is 4.80. The average molecular weight is 265 g/mol. The molecule has 1 aromatic carbocycles. The van der Waals surface area contributed by atoms with E-state index in [0.29, 0.717) is 17.0 Å². The zero-order valence-electron chi connectivity index (χ0n) is 11.5. The van der Waals surface area contributed by atoms with Crippen LogP contribution in [0, 0.1) is 6.92 Å². The molecule has 1 heterocycles. The number of aryl methyl sites for hydroxylation is 1. The van der Waals surface area contributed by atoms with E-state index in [1.54, 1.807) is 0 Å². The van der Waals surface area contributed by atoms with Gasteiger partial charge in [-0.05, 0) is 36.5 Å². The summed E-state index contributed by atoms with van der Waals surface area (Å²) in [4.78, 5) is 12.8. The lowest BCUT2D eigenvalue weighted by Crippen LogP contribution is -2.25. The van der Waals surface area contributed by atoms with Crippen molar-refractivity contribution in [1.29, 1.82) is 0 Å². The Labute approximate surface area is 111 Å². The second-order valence-corrected chi connectivity index (χ2v) is 7.04. The number of rotatable bonds is 1. The van der Waals surface area contributed by atoms with E-state index in [0.717, 1.165) is 11.1 Å². The number of benzene rings is 1. The van der Waals surface area contributed by atoms with Gasteiger partial charge in [0.2, 0.25) is 0 Å². The van der Waals surface area contributed by atoms with Crippen LogP contribution in [-0.2, 0) is 16.4 Å². The highest BCUT2D eigenvalue weighted by Crippen LogP contribution is 2.34. The van der Waals surface area contributed by atoms with Gasteiger partial charge in [-0.2, -0.15) is 0 Å². The van der Waals surface area contributed by atoms with Crippen LogP contribution in [0.5, 0.6) is 0 Å². The zero-order chi connectivity index (χ0) is 13.7. The van der Waals surface area contributed by atoms with E-state index in [4.69, 9.17) is 0 Å². The van der Waals surface area contributed by atoms with Crippen molar-refractivity contribution < 1.29 is 9.00 Å². The summed E-state index contributed by atoms with van der Waals surface area (Å²) in [6, 6.07) is 3.96. The van der Waals surface area contributed by atoms with Gasteiger partial charge in [-0.3, -0.25) is 9.10 Å². The zero-order valence-corrected chi connectivity index (χ0v) is 12.4. The number of nitrogens with zero attached hydrogens (tertiary/aromatic N) is 1. The van der Waals surface area contributed by atoms with Gasteiger partial charge < -0.3 is 0 Å². The molecule has 0 spiro atoms. The Morgan fingerprint density at radius 3 is 2.39 bits per heavy atom. The molecule has 1 unspecified atom stereocenters. The highest BCUT2D eigenvalue weighted by Gasteiger charge is 2.36. The van der Waals surface area contributed by atoms with Crippen LogP contribution in [0.3, 0.4) is 0 Å². The Hall–Kier alpha value is -1.16. The predicted octanol–water partition coefficient (Wildman–Crippen LogP) is 2.79. The van der Waals surface area contributed by atoms with E-state index >= 15 is 0 Å². The molecule has 1 aliphatic heterocycles. The van der Waals surface area contributed by atoms with Gasteiger partial charge in [0.15, 0.2) is 11.0 Å². The van der Waals surface area contributed by atoms with E-state index < -0.39 is 11.0 Å². The summed E-state index contributed by atoms with van der Waals surface area (Å²) in [5, 5.41) is 0. The third-order valence-electron chi connectivity index (χ3n) is 3.28. The molecule has 2 rings (SSSR count). The smallest absolute Gasteiger partial charge is 0.267 e. The fourth-order valence-corrected chi connectivity index (χ4v) is 3.54. The molecule has 0 saturated carbocycles. The van der Waals surface area contributed by atoms with Crippen molar-refractivity contribution in [2.75, 3.05) is 6.54 Å². The van der Waals surface area contributed by atoms with Crippen LogP contribution in [0.2, 0.25) is 0 Å². The molecule has 18 heavy (non-hydrogen) atoms. The minimum absolute atomic E-state index is 0.00727. The van der Waals surface area contributed by atoms with Crippen LogP contribution in [0.15, 0.2) is 17.0 Å². The van der Waals surface area contributed by atoms with Crippen molar-refractivity contribution in [2.45, 2.75) is 44.9 Å². The normalized spacial score (nSPS) is 19.3. The second kappa shape index (κ2) is 4.19. The van der Waals surface area contributed by atoms with E-state index in [9.17, 15) is 9.00 Å². The lowest BCUT2D eigenvalue weighted by Gasteiger charge is -2.20. The summed E-state index contributed by atoms with van der Waals surface area (Å²) in [6.07, 6.45) is 0. The van der Waals surface area contributed by atoms with Crippen molar-refractivity contribution in [3.05, 3.63) is 28.8 Å². The summed E-state index contributed by atoms with van der Waals surface area (Å²) in [5.41, 5.74) is 2.67. The Morgan fingerprint density at radius 2 is 1.89 bits per heavy atom. The van der Waals surface area contributed by atoms with Gasteiger partial charge in [-0.25, -0.2) is 4.21 Å². The van der Waals surface area contributed by atoms with Crippen LogP contribution in [0.1, 0.15) is 49.2 Å². The standard InChI is InChI=1S/C14H19NO2S/c1-6-15-13(16)12-9(2)7-10(14(3,4)5)8-11(12)18(15)17/h7-8H,6H2,1-5H3. The Balaban J connectivity index is 2.65. The summed E-state index contributed by atoms with van der Waals surface area (Å²) in [7, 11) is -1.34. The molecular formula is C14H19NO2S. The quantitative estimate of drug-likeness (QED) is 0.783. The third kappa shape index (κ3) is 1.88. The molecule has 0 aliphatic carbocycles. The maximum atomic E-state index is 12.3. The maximum absolute atomic E-state index is 12.3. The topological polar surface area (TPSA) is 37.4 Å². The van der Waals surface area contributed by atoms with Crippen molar-refractivity contribution >= 4 is 16.9 Å². The van der Waals surface area contributed by atoms with Gasteiger partial charge in [0.05, 0.1) is 10.5 Å². The molecule has 1 atom stereocenters. The van der Waals surface area contributed by atoms with Crippen LogP contribution >= 0.6 is 0 Å². The first kappa shape index (κ1) is 13.3. The maximum Gasteiger partial charge on any atom is 0.267 e. The summed E-state index contributed by atoms with van der Waals surface area (Å²) in [5.74, 6) is -0.108. The van der Waals surface area contributed by atoms with E-state index in [1.165, 1.54) is 4.31 Å². The van der Waals surface area contributed by atoms with E-state index in [2.05, 4.69) is 20.8 Å². The van der Waals surface area contributed by atoms with Crippen LogP contribution in [-0.4, -0.2) is 21.0 Å². The van der Waals surface area contributed by atoms with Gasteiger partial charge in [-0.15, -0.1) is 0 Å². The molecule has 0 bridgehead atoms. The molecule has 0 saturated heterocycles. The Morgan fingerprint density at radius 1 is 1.28 bits per heavy atom. The number of amides is 1. The number of carbonyl (C=O) groups is 1. The second-order valence-electron chi connectivity index (χ2n) is 5.67. The Bertz CT molecular complexity index is 543. The highest BCUT2D eigenvalue weighted by molar-refractivity contribution is 7.84. The van der Waals surface area contributed by atoms with Gasteiger partial charge in [-0.1, -0.05) is 26.8 Å². The number of fused-ring (bicyclic) bond motifs is 1. The first-order valence-electron chi connectivity index (χ1n) is 6.16. The fourth-order valence-electron chi connectivity index (χ4n) is 2.18. The Kier molecular flexibility index (Phi) is 3.09. The SMILES string of the molecule is CCN1C(=O)c2c(C)cc(C(C)(C)C)cc2S1=O.